The van der Waals surface area contributed by atoms with Crippen molar-refractivity contribution in [2.45, 2.75) is 6.61 Å². The summed E-state index contributed by atoms with van der Waals surface area (Å²) in [4.78, 5) is 18.9. The van der Waals surface area contributed by atoms with Crippen molar-refractivity contribution in [3.8, 4) is 0 Å². The molecule has 2 rings (SSSR count). The molecule has 6 nitrogen and oxygen atoms in total. The summed E-state index contributed by atoms with van der Waals surface area (Å²) in [7, 11) is 0. The first-order valence-electron chi connectivity index (χ1n) is 6.33. The molecular formula is C14H15ClN4O2. The molecule has 0 aliphatic carbocycles. The van der Waals surface area contributed by atoms with E-state index in [1.807, 2.05) is 24.3 Å². The van der Waals surface area contributed by atoms with E-state index in [2.05, 4.69) is 15.3 Å². The Morgan fingerprint density at radius 2 is 2.05 bits per heavy atom. The van der Waals surface area contributed by atoms with E-state index in [-0.39, 0.29) is 5.69 Å². The van der Waals surface area contributed by atoms with Crippen LogP contribution in [0, 0.1) is 0 Å². The second kappa shape index (κ2) is 7.56. The molecule has 21 heavy (non-hydrogen) atoms. The fourth-order valence-corrected chi connectivity index (χ4v) is 1.72. The molecule has 0 aliphatic heterocycles. The lowest BCUT2D eigenvalue weighted by molar-refractivity contribution is 0.0995. The molecule has 0 bridgehead atoms. The maximum atomic E-state index is 11.0. The van der Waals surface area contributed by atoms with Gasteiger partial charge in [0.2, 0.25) is 0 Å². The molecule has 1 aromatic carbocycles. The van der Waals surface area contributed by atoms with Gasteiger partial charge in [0.25, 0.3) is 5.91 Å². The monoisotopic (exact) mass is 306 g/mol. The molecule has 0 atom stereocenters. The molecular weight excluding hydrogens is 292 g/mol. The Hall–Kier alpha value is -2.18. The van der Waals surface area contributed by atoms with Crippen molar-refractivity contribution in [1.29, 1.82) is 0 Å². The number of nitrogens with zero attached hydrogens (tertiary/aromatic N) is 2. The molecule has 1 heterocycles. The molecule has 0 fully saturated rings. The number of hydrogen-bond acceptors (Lipinski definition) is 5. The highest BCUT2D eigenvalue weighted by molar-refractivity contribution is 6.30. The predicted octanol–water partition coefficient (Wildman–Crippen LogP) is 1.86. The quantitative estimate of drug-likeness (QED) is 0.762. The maximum Gasteiger partial charge on any atom is 0.268 e. The van der Waals surface area contributed by atoms with Gasteiger partial charge < -0.3 is 15.8 Å². The first kappa shape index (κ1) is 15.2. The normalized spacial score (nSPS) is 10.3. The van der Waals surface area contributed by atoms with Gasteiger partial charge in [-0.2, -0.15) is 0 Å². The van der Waals surface area contributed by atoms with Crippen molar-refractivity contribution in [2.24, 2.45) is 5.73 Å². The number of benzene rings is 1. The third kappa shape index (κ3) is 5.02. The van der Waals surface area contributed by atoms with Crippen molar-refractivity contribution in [2.75, 3.05) is 18.5 Å². The number of nitrogens with one attached hydrogen (secondary N) is 1. The van der Waals surface area contributed by atoms with Crippen LogP contribution >= 0.6 is 11.6 Å². The van der Waals surface area contributed by atoms with Gasteiger partial charge in [-0.1, -0.05) is 23.7 Å². The molecule has 0 unspecified atom stereocenters. The first-order valence-corrected chi connectivity index (χ1v) is 6.71. The van der Waals surface area contributed by atoms with Gasteiger partial charge in [-0.15, -0.1) is 0 Å². The van der Waals surface area contributed by atoms with E-state index in [0.29, 0.717) is 30.6 Å². The first-order chi connectivity index (χ1) is 10.1. The molecule has 0 saturated heterocycles. The van der Waals surface area contributed by atoms with Gasteiger partial charge in [-0.05, 0) is 17.7 Å². The number of carbonyl (C=O) groups is 1. The zero-order chi connectivity index (χ0) is 15.1. The highest BCUT2D eigenvalue weighted by atomic mass is 35.5. The highest BCUT2D eigenvalue weighted by Gasteiger charge is 2.03. The van der Waals surface area contributed by atoms with Crippen LogP contribution in [0.3, 0.4) is 0 Å². The Labute approximate surface area is 127 Å². The van der Waals surface area contributed by atoms with Gasteiger partial charge in [0, 0.05) is 11.6 Å². The van der Waals surface area contributed by atoms with E-state index < -0.39 is 5.91 Å². The van der Waals surface area contributed by atoms with Crippen LogP contribution in [0.25, 0.3) is 0 Å². The highest BCUT2D eigenvalue weighted by Crippen LogP contribution is 2.10. The lowest BCUT2D eigenvalue weighted by Crippen LogP contribution is -2.16. The predicted molar refractivity (Wildman–Crippen MR) is 80.1 cm³/mol. The van der Waals surface area contributed by atoms with Gasteiger partial charge in [0.1, 0.15) is 11.5 Å². The van der Waals surface area contributed by atoms with Crippen molar-refractivity contribution in [3.05, 3.63) is 52.9 Å². The fourth-order valence-electron chi connectivity index (χ4n) is 1.59. The summed E-state index contributed by atoms with van der Waals surface area (Å²) >= 11 is 5.80. The molecule has 1 aromatic heterocycles. The number of hydrogen-bond donors (Lipinski definition) is 2. The summed E-state index contributed by atoms with van der Waals surface area (Å²) in [5.41, 5.74) is 6.31. The van der Waals surface area contributed by atoms with Gasteiger partial charge in [-0.3, -0.25) is 9.78 Å². The largest absolute Gasteiger partial charge is 0.375 e. The third-order valence-corrected chi connectivity index (χ3v) is 2.87. The average Bonchev–Trinajstić information content (AvgIpc) is 2.49. The number of ether oxygens (including phenoxy) is 1. The number of amides is 1. The van der Waals surface area contributed by atoms with Crippen molar-refractivity contribution < 1.29 is 9.53 Å². The summed E-state index contributed by atoms with van der Waals surface area (Å²) < 4.78 is 5.51. The zero-order valence-electron chi connectivity index (χ0n) is 11.3. The zero-order valence-corrected chi connectivity index (χ0v) is 12.0. The summed E-state index contributed by atoms with van der Waals surface area (Å²) in [5, 5.41) is 3.71. The van der Waals surface area contributed by atoms with E-state index in [1.54, 1.807) is 0 Å². The lowest BCUT2D eigenvalue weighted by Gasteiger charge is -2.07. The molecule has 7 heteroatoms. The summed E-state index contributed by atoms with van der Waals surface area (Å²) in [5.74, 6) is -0.119. The number of primary amides is 1. The third-order valence-electron chi connectivity index (χ3n) is 2.62. The smallest absolute Gasteiger partial charge is 0.268 e. The van der Waals surface area contributed by atoms with Crippen LogP contribution in [0.5, 0.6) is 0 Å². The molecule has 2 aromatic rings. The molecule has 3 N–H and O–H groups in total. The van der Waals surface area contributed by atoms with Crippen LogP contribution in [0.2, 0.25) is 5.02 Å². The molecule has 0 saturated carbocycles. The number of aromatic nitrogens is 2. The summed E-state index contributed by atoms with van der Waals surface area (Å²) in [6.07, 6.45) is 2.84. The Kier molecular flexibility index (Phi) is 5.48. The van der Waals surface area contributed by atoms with E-state index in [4.69, 9.17) is 22.1 Å². The van der Waals surface area contributed by atoms with Crippen molar-refractivity contribution in [3.63, 3.8) is 0 Å². The van der Waals surface area contributed by atoms with Crippen LogP contribution in [0.4, 0.5) is 5.82 Å². The van der Waals surface area contributed by atoms with Gasteiger partial charge >= 0.3 is 0 Å². The van der Waals surface area contributed by atoms with Crippen molar-refractivity contribution >= 4 is 23.3 Å². The van der Waals surface area contributed by atoms with E-state index in [1.165, 1.54) is 12.4 Å². The van der Waals surface area contributed by atoms with Crippen LogP contribution in [0.1, 0.15) is 16.1 Å². The van der Waals surface area contributed by atoms with Gasteiger partial charge in [0.15, 0.2) is 0 Å². The van der Waals surface area contributed by atoms with E-state index in [9.17, 15) is 4.79 Å². The second-order valence-electron chi connectivity index (χ2n) is 4.26. The van der Waals surface area contributed by atoms with Crippen molar-refractivity contribution in [1.82, 2.24) is 9.97 Å². The molecule has 1 amide bonds. The minimum absolute atomic E-state index is 0.127. The summed E-state index contributed by atoms with van der Waals surface area (Å²) in [6.45, 7) is 1.54. The fraction of sp³-hybridized carbons (Fsp3) is 0.214. The average molecular weight is 307 g/mol. The van der Waals surface area contributed by atoms with Crippen LogP contribution in [0.15, 0.2) is 36.7 Å². The number of rotatable bonds is 7. The molecule has 110 valence electrons. The Bertz CT molecular complexity index is 604. The van der Waals surface area contributed by atoms with Gasteiger partial charge in [0.05, 0.1) is 25.6 Å². The van der Waals surface area contributed by atoms with E-state index >= 15 is 0 Å². The maximum absolute atomic E-state index is 11.0. The Morgan fingerprint density at radius 1 is 1.29 bits per heavy atom. The van der Waals surface area contributed by atoms with Crippen LogP contribution < -0.4 is 11.1 Å². The Balaban J connectivity index is 1.71. The minimum Gasteiger partial charge on any atom is -0.375 e. The topological polar surface area (TPSA) is 90.1 Å². The lowest BCUT2D eigenvalue weighted by atomic mass is 10.2. The molecule has 0 spiro atoms. The molecule has 0 aliphatic rings. The van der Waals surface area contributed by atoms with E-state index in [0.717, 1.165) is 5.56 Å². The SMILES string of the molecule is NC(=O)c1cncc(NCCOCc2ccc(Cl)cc2)n1. The number of anilines is 1. The number of halogens is 1. The van der Waals surface area contributed by atoms with Crippen LogP contribution in [-0.2, 0) is 11.3 Å². The second-order valence-corrected chi connectivity index (χ2v) is 4.70. The number of nitrogens with two attached hydrogens (primary N) is 1. The number of carbonyl (C=O) groups excluding carboxylic acids is 1. The standard InChI is InChI=1S/C14H15ClN4O2/c15-11-3-1-10(2-4-11)9-21-6-5-18-13-8-17-7-12(19-13)14(16)20/h1-4,7-8H,5-6,9H2,(H2,16,20)(H,18,19). The Morgan fingerprint density at radius 3 is 2.76 bits per heavy atom. The summed E-state index contributed by atoms with van der Waals surface area (Å²) in [6, 6.07) is 7.47. The molecule has 0 radical (unpaired) electrons. The minimum atomic E-state index is -0.606. The van der Waals surface area contributed by atoms with Gasteiger partial charge in [-0.25, -0.2) is 4.98 Å². The van der Waals surface area contributed by atoms with Crippen LogP contribution in [-0.4, -0.2) is 29.0 Å².